The number of sulfone groups is 1. The third-order valence-corrected chi connectivity index (χ3v) is 10.6. The van der Waals surface area contributed by atoms with Gasteiger partial charge in [-0.2, -0.15) is 13.2 Å². The zero-order valence-electron chi connectivity index (χ0n) is 19.4. The molecule has 0 radical (unpaired) electrons. The van der Waals surface area contributed by atoms with Crippen LogP contribution in [0.15, 0.2) is 51.7 Å². The van der Waals surface area contributed by atoms with Gasteiger partial charge in [0, 0.05) is 12.7 Å². The first kappa shape index (κ1) is 27.4. The second-order valence-corrected chi connectivity index (χ2v) is 13.9. The average molecular weight is 580 g/mol. The number of fused-ring (bicyclic) bond motifs is 1. The Hall–Kier alpha value is -2.62. The highest BCUT2D eigenvalue weighted by atomic mass is 32.2. The van der Waals surface area contributed by atoms with Gasteiger partial charge in [-0.1, -0.05) is 23.5 Å². The van der Waals surface area contributed by atoms with Gasteiger partial charge in [0.2, 0.25) is 14.2 Å². The van der Waals surface area contributed by atoms with Crippen LogP contribution in [0.1, 0.15) is 29.5 Å². The van der Waals surface area contributed by atoms with Gasteiger partial charge in [-0.15, -0.1) is 10.2 Å². The van der Waals surface area contributed by atoms with Crippen LogP contribution in [0.4, 0.5) is 23.2 Å². The van der Waals surface area contributed by atoms with Gasteiger partial charge < -0.3 is 5.11 Å². The van der Waals surface area contributed by atoms with Crippen molar-refractivity contribution in [1.29, 1.82) is 0 Å². The molecule has 1 aromatic heterocycles. The second-order valence-electron chi connectivity index (χ2n) is 8.80. The number of anilines is 1. The molecule has 3 aromatic rings. The smallest absolute Gasteiger partial charge is 0.376 e. The third kappa shape index (κ3) is 5.22. The van der Waals surface area contributed by atoms with E-state index in [4.69, 9.17) is 0 Å². The number of alkyl halides is 3. The predicted molar refractivity (Wildman–Crippen MR) is 127 cm³/mol. The summed E-state index contributed by atoms with van der Waals surface area (Å²) >= 11 is 0.794. The summed E-state index contributed by atoms with van der Waals surface area (Å²) in [5.74, 6) is -0.657. The minimum absolute atomic E-state index is 0.0188. The number of benzene rings is 2. The summed E-state index contributed by atoms with van der Waals surface area (Å²) in [6, 6.07) is 6.63. The maximum absolute atomic E-state index is 13.7. The summed E-state index contributed by atoms with van der Waals surface area (Å²) in [5.41, 5.74) is -3.25. The van der Waals surface area contributed by atoms with Crippen LogP contribution in [0, 0.1) is 5.82 Å². The van der Waals surface area contributed by atoms with Crippen LogP contribution in [0.2, 0.25) is 0 Å². The molecule has 8 nitrogen and oxygen atoms in total. The van der Waals surface area contributed by atoms with E-state index in [1.54, 1.807) is 0 Å². The van der Waals surface area contributed by atoms with Gasteiger partial charge in [0.25, 0.3) is 10.0 Å². The van der Waals surface area contributed by atoms with E-state index in [1.807, 2.05) is 0 Å². The molecule has 0 amide bonds. The Morgan fingerprint density at radius 2 is 1.73 bits per heavy atom. The zero-order valence-corrected chi connectivity index (χ0v) is 21.8. The molecule has 1 unspecified atom stereocenters. The fourth-order valence-electron chi connectivity index (χ4n) is 4.01. The topological polar surface area (TPSA) is 118 Å². The molecule has 1 aliphatic rings. The number of aromatic nitrogens is 2. The Balaban J connectivity index is 1.81. The molecule has 15 heteroatoms. The standard InChI is InChI=1S/C22H21F4N3O5S3/c1-21(30,22(24,25)26)14-4-10-18-13(11-14)3-7-16(12-19-27-28-20(35-19)36(2,31)32)29(18)37(33,34)17-8-5-15(23)6-9-17/h4-6,8-11,16,30H,3,7,12H2,1-2H3/t16-,21?/m0/s1. The average Bonchev–Trinajstić information content (AvgIpc) is 3.27. The molecule has 0 fully saturated rings. The molecular weight excluding hydrogens is 558 g/mol. The van der Waals surface area contributed by atoms with Crippen molar-refractivity contribution in [3.05, 3.63) is 64.4 Å². The van der Waals surface area contributed by atoms with Crippen LogP contribution in [0.3, 0.4) is 0 Å². The highest BCUT2D eigenvalue weighted by Gasteiger charge is 2.51. The molecule has 1 N–H and O–H groups in total. The largest absolute Gasteiger partial charge is 0.421 e. The first-order valence-electron chi connectivity index (χ1n) is 10.8. The van der Waals surface area contributed by atoms with E-state index in [1.165, 1.54) is 6.07 Å². The maximum atomic E-state index is 13.7. The van der Waals surface area contributed by atoms with Crippen LogP contribution in [0.5, 0.6) is 0 Å². The lowest BCUT2D eigenvalue weighted by atomic mass is 9.89. The monoisotopic (exact) mass is 579 g/mol. The van der Waals surface area contributed by atoms with Crippen LogP contribution in [-0.2, 0) is 38.3 Å². The summed E-state index contributed by atoms with van der Waals surface area (Å²) in [7, 11) is -7.97. The molecule has 1 aliphatic heterocycles. The summed E-state index contributed by atoms with van der Waals surface area (Å²) in [5, 5.41) is 17.9. The molecule has 4 rings (SSSR count). The van der Waals surface area contributed by atoms with Crippen molar-refractivity contribution in [2.24, 2.45) is 0 Å². The summed E-state index contributed by atoms with van der Waals surface area (Å²) in [4.78, 5) is -0.243. The summed E-state index contributed by atoms with van der Waals surface area (Å²) in [6.07, 6.45) is -3.69. The molecule has 200 valence electrons. The van der Waals surface area contributed by atoms with Crippen LogP contribution in [0.25, 0.3) is 0 Å². The number of aliphatic hydroxyl groups is 1. The van der Waals surface area contributed by atoms with E-state index < -0.39 is 49.1 Å². The van der Waals surface area contributed by atoms with E-state index >= 15 is 0 Å². The minimum Gasteiger partial charge on any atom is -0.376 e. The molecule has 2 heterocycles. The predicted octanol–water partition coefficient (Wildman–Crippen LogP) is 3.60. The third-order valence-electron chi connectivity index (χ3n) is 6.06. The van der Waals surface area contributed by atoms with E-state index in [2.05, 4.69) is 10.2 Å². The van der Waals surface area contributed by atoms with Crippen LogP contribution < -0.4 is 4.31 Å². The van der Waals surface area contributed by atoms with E-state index in [0.717, 1.165) is 58.3 Å². The van der Waals surface area contributed by atoms with Crippen molar-refractivity contribution >= 4 is 36.9 Å². The fourth-order valence-corrected chi connectivity index (χ4v) is 7.45. The van der Waals surface area contributed by atoms with Crippen molar-refractivity contribution < 1.29 is 39.5 Å². The normalized spacial score (nSPS) is 18.4. The number of nitrogens with zero attached hydrogens (tertiary/aromatic N) is 3. The number of sulfonamides is 1. The quantitative estimate of drug-likeness (QED) is 0.444. The van der Waals surface area contributed by atoms with Gasteiger partial charge in [-0.25, -0.2) is 21.2 Å². The molecular formula is C22H21F4N3O5S3. The van der Waals surface area contributed by atoms with Crippen molar-refractivity contribution in [2.75, 3.05) is 10.6 Å². The number of aryl methyl sites for hydroxylation is 1. The number of halogens is 4. The van der Waals surface area contributed by atoms with Gasteiger partial charge in [0.15, 0.2) is 5.60 Å². The summed E-state index contributed by atoms with van der Waals surface area (Å²) in [6.45, 7) is 0.613. The molecule has 2 aromatic carbocycles. The van der Waals surface area contributed by atoms with Gasteiger partial charge in [0.1, 0.15) is 10.8 Å². The molecule has 2 atom stereocenters. The lowest BCUT2D eigenvalue weighted by molar-refractivity contribution is -0.258. The van der Waals surface area contributed by atoms with Gasteiger partial charge in [0.05, 0.1) is 16.6 Å². The van der Waals surface area contributed by atoms with Gasteiger partial charge in [-0.3, -0.25) is 4.31 Å². The number of hydrogen-bond acceptors (Lipinski definition) is 8. The molecule has 0 spiro atoms. The van der Waals surface area contributed by atoms with Crippen LogP contribution in [-0.4, -0.2) is 50.6 Å². The molecule has 0 saturated heterocycles. The van der Waals surface area contributed by atoms with Crippen molar-refractivity contribution in [1.82, 2.24) is 10.2 Å². The Bertz CT molecular complexity index is 1540. The summed E-state index contributed by atoms with van der Waals surface area (Å²) < 4.78 is 106. The Morgan fingerprint density at radius 3 is 2.30 bits per heavy atom. The molecule has 37 heavy (non-hydrogen) atoms. The van der Waals surface area contributed by atoms with E-state index in [-0.39, 0.29) is 44.8 Å². The SMILES string of the molecule is CC(O)(c1ccc2c(c1)CC[C@@H](Cc1nnc(S(C)(=O)=O)s1)N2S(=O)(=O)c1ccc(F)cc1)C(F)(F)F. The van der Waals surface area contributed by atoms with E-state index in [0.29, 0.717) is 6.92 Å². The number of rotatable bonds is 6. The van der Waals surface area contributed by atoms with Crippen molar-refractivity contribution in [2.45, 2.75) is 53.2 Å². The minimum atomic E-state index is -4.96. The number of hydrogen-bond donors (Lipinski definition) is 1. The van der Waals surface area contributed by atoms with Crippen molar-refractivity contribution in [3.63, 3.8) is 0 Å². The highest BCUT2D eigenvalue weighted by Crippen LogP contribution is 2.43. The highest BCUT2D eigenvalue weighted by molar-refractivity contribution is 7.93. The van der Waals surface area contributed by atoms with Crippen molar-refractivity contribution in [3.8, 4) is 0 Å². The first-order chi connectivity index (χ1) is 17.0. The van der Waals surface area contributed by atoms with E-state index in [9.17, 15) is 39.5 Å². The molecule has 0 saturated carbocycles. The van der Waals surface area contributed by atoms with Crippen LogP contribution >= 0.6 is 11.3 Å². The zero-order chi connectivity index (χ0) is 27.4. The first-order valence-corrected chi connectivity index (χ1v) is 14.9. The second kappa shape index (κ2) is 9.29. The Labute approximate surface area is 214 Å². The fraction of sp³-hybridized carbons (Fsp3) is 0.364. The Kier molecular flexibility index (Phi) is 6.88. The van der Waals surface area contributed by atoms with Gasteiger partial charge >= 0.3 is 6.18 Å². The Morgan fingerprint density at radius 1 is 1.08 bits per heavy atom. The molecule has 0 bridgehead atoms. The lowest BCUT2D eigenvalue weighted by Crippen LogP contribution is -2.45. The molecule has 0 aliphatic carbocycles. The lowest BCUT2D eigenvalue weighted by Gasteiger charge is -2.38. The van der Waals surface area contributed by atoms with Gasteiger partial charge in [-0.05, 0) is 61.2 Å². The maximum Gasteiger partial charge on any atom is 0.421 e.